The fraction of sp³-hybridized carbons (Fsp3) is 0.312. The van der Waals surface area contributed by atoms with Gasteiger partial charge in [0.15, 0.2) is 0 Å². The maximum atomic E-state index is 12.1. The van der Waals surface area contributed by atoms with E-state index in [9.17, 15) is 14.4 Å². The Kier molecular flexibility index (Phi) is 4.03. The molecular formula is C16H17NO5. The Morgan fingerprint density at radius 3 is 2.09 bits per heavy atom. The molecule has 1 aromatic rings. The summed E-state index contributed by atoms with van der Waals surface area (Å²) in [6.45, 7) is 8.76. The fourth-order valence-corrected chi connectivity index (χ4v) is 1.95. The number of hydrogen-bond donors (Lipinski definition) is 0. The maximum absolute atomic E-state index is 12.1. The summed E-state index contributed by atoms with van der Waals surface area (Å²) in [5.74, 6) is -1.74. The minimum Gasteiger partial charge on any atom is -0.460 e. The number of carbonyl (C=O) groups is 3. The summed E-state index contributed by atoms with van der Waals surface area (Å²) in [4.78, 5) is 41.0. The summed E-state index contributed by atoms with van der Waals surface area (Å²) in [5.41, 5.74) is -0.109. The van der Waals surface area contributed by atoms with Crippen molar-refractivity contribution >= 4 is 17.8 Å². The normalized spacial score (nSPS) is 13.9. The quantitative estimate of drug-likeness (QED) is 0.485. The SMILES string of the molecule is C=C(CC(=O)OC(C)(C)C)ON1C(=O)c2ccccc2C1=O. The Morgan fingerprint density at radius 1 is 1.14 bits per heavy atom. The molecule has 1 aliphatic heterocycles. The fourth-order valence-electron chi connectivity index (χ4n) is 1.95. The number of nitrogens with zero attached hydrogens (tertiary/aromatic N) is 1. The summed E-state index contributed by atoms with van der Waals surface area (Å²) in [7, 11) is 0. The van der Waals surface area contributed by atoms with E-state index in [4.69, 9.17) is 9.57 Å². The summed E-state index contributed by atoms with van der Waals surface area (Å²) in [6, 6.07) is 6.39. The lowest BCUT2D eigenvalue weighted by molar-refractivity contribution is -0.156. The molecule has 1 aromatic carbocycles. The van der Waals surface area contributed by atoms with Crippen LogP contribution in [0.4, 0.5) is 0 Å². The van der Waals surface area contributed by atoms with Gasteiger partial charge in [-0.1, -0.05) is 23.8 Å². The van der Waals surface area contributed by atoms with Gasteiger partial charge in [-0.2, -0.15) is 0 Å². The number of ether oxygens (including phenoxy) is 1. The smallest absolute Gasteiger partial charge is 0.314 e. The van der Waals surface area contributed by atoms with Crippen LogP contribution in [0.3, 0.4) is 0 Å². The lowest BCUT2D eigenvalue weighted by Crippen LogP contribution is -2.30. The molecule has 0 N–H and O–H groups in total. The van der Waals surface area contributed by atoms with Gasteiger partial charge in [-0.05, 0) is 32.9 Å². The molecule has 0 fully saturated rings. The first kappa shape index (κ1) is 15.8. The Labute approximate surface area is 128 Å². The van der Waals surface area contributed by atoms with E-state index in [2.05, 4.69) is 6.58 Å². The van der Waals surface area contributed by atoms with Crippen molar-refractivity contribution < 1.29 is 24.0 Å². The zero-order valence-electron chi connectivity index (χ0n) is 12.7. The molecular weight excluding hydrogens is 286 g/mol. The van der Waals surface area contributed by atoms with Crippen LogP contribution in [0.2, 0.25) is 0 Å². The molecule has 0 spiro atoms. The molecule has 0 bridgehead atoms. The van der Waals surface area contributed by atoms with E-state index in [1.165, 1.54) is 12.1 Å². The molecule has 0 unspecified atom stereocenters. The van der Waals surface area contributed by atoms with Gasteiger partial charge in [0, 0.05) is 0 Å². The third-order valence-corrected chi connectivity index (χ3v) is 2.74. The van der Waals surface area contributed by atoms with Crippen LogP contribution in [0.25, 0.3) is 0 Å². The van der Waals surface area contributed by atoms with E-state index >= 15 is 0 Å². The number of hydroxylamine groups is 2. The van der Waals surface area contributed by atoms with Crippen LogP contribution in [0.1, 0.15) is 47.9 Å². The van der Waals surface area contributed by atoms with Crippen LogP contribution in [-0.4, -0.2) is 28.4 Å². The van der Waals surface area contributed by atoms with Gasteiger partial charge >= 0.3 is 5.97 Å². The van der Waals surface area contributed by atoms with E-state index < -0.39 is 23.4 Å². The van der Waals surface area contributed by atoms with Crippen molar-refractivity contribution in [3.63, 3.8) is 0 Å². The second-order valence-corrected chi connectivity index (χ2v) is 5.84. The van der Waals surface area contributed by atoms with Crippen molar-refractivity contribution in [3.8, 4) is 0 Å². The van der Waals surface area contributed by atoms with Gasteiger partial charge in [-0.25, -0.2) is 0 Å². The summed E-state index contributed by atoms with van der Waals surface area (Å²) in [5, 5.41) is 0.609. The molecule has 22 heavy (non-hydrogen) atoms. The summed E-state index contributed by atoms with van der Waals surface area (Å²) in [6.07, 6.45) is -0.245. The molecule has 0 saturated carbocycles. The minimum absolute atomic E-state index is 0.0382. The number of hydrogen-bond acceptors (Lipinski definition) is 5. The highest BCUT2D eigenvalue weighted by molar-refractivity contribution is 6.20. The number of esters is 1. The van der Waals surface area contributed by atoms with E-state index in [0.29, 0.717) is 5.06 Å². The molecule has 6 nitrogen and oxygen atoms in total. The molecule has 0 atom stereocenters. The highest BCUT2D eigenvalue weighted by Crippen LogP contribution is 2.24. The number of rotatable bonds is 4. The number of carbonyl (C=O) groups excluding carboxylic acids is 3. The van der Waals surface area contributed by atoms with Crippen molar-refractivity contribution in [3.05, 3.63) is 47.7 Å². The van der Waals surface area contributed by atoms with Gasteiger partial charge < -0.3 is 9.57 Å². The van der Waals surface area contributed by atoms with Crippen LogP contribution >= 0.6 is 0 Å². The second-order valence-electron chi connectivity index (χ2n) is 5.84. The van der Waals surface area contributed by atoms with Crippen LogP contribution in [0.15, 0.2) is 36.6 Å². The Hall–Kier alpha value is -2.63. The van der Waals surface area contributed by atoms with E-state index in [-0.39, 0.29) is 23.3 Å². The third-order valence-electron chi connectivity index (χ3n) is 2.74. The zero-order chi connectivity index (χ0) is 16.5. The van der Waals surface area contributed by atoms with Gasteiger partial charge in [0.1, 0.15) is 17.8 Å². The first-order valence-corrected chi connectivity index (χ1v) is 6.74. The molecule has 0 aliphatic carbocycles. The average molecular weight is 303 g/mol. The van der Waals surface area contributed by atoms with Crippen molar-refractivity contribution in [1.29, 1.82) is 0 Å². The van der Waals surface area contributed by atoms with Crippen LogP contribution < -0.4 is 0 Å². The van der Waals surface area contributed by atoms with Crippen molar-refractivity contribution in [2.45, 2.75) is 32.8 Å². The molecule has 1 aliphatic rings. The lowest BCUT2D eigenvalue weighted by atomic mass is 10.1. The third kappa shape index (κ3) is 3.33. The van der Waals surface area contributed by atoms with Crippen molar-refractivity contribution in [2.75, 3.05) is 0 Å². The van der Waals surface area contributed by atoms with Crippen molar-refractivity contribution in [2.24, 2.45) is 0 Å². The number of benzene rings is 1. The highest BCUT2D eigenvalue weighted by atomic mass is 16.7. The summed E-state index contributed by atoms with van der Waals surface area (Å²) >= 11 is 0. The van der Waals surface area contributed by atoms with E-state index in [1.807, 2.05) is 0 Å². The molecule has 0 radical (unpaired) electrons. The second kappa shape index (κ2) is 5.63. The van der Waals surface area contributed by atoms with Gasteiger partial charge in [0.25, 0.3) is 11.8 Å². The molecule has 0 saturated heterocycles. The monoisotopic (exact) mass is 303 g/mol. The molecule has 1 heterocycles. The number of amides is 2. The van der Waals surface area contributed by atoms with Crippen molar-refractivity contribution in [1.82, 2.24) is 5.06 Å². The Morgan fingerprint density at radius 2 is 1.64 bits per heavy atom. The predicted octanol–water partition coefficient (Wildman–Crippen LogP) is 2.46. The number of fused-ring (bicyclic) bond motifs is 1. The molecule has 116 valence electrons. The van der Waals surface area contributed by atoms with Gasteiger partial charge in [0.05, 0.1) is 11.1 Å². The highest BCUT2D eigenvalue weighted by Gasteiger charge is 2.37. The van der Waals surface area contributed by atoms with Gasteiger partial charge in [-0.15, -0.1) is 0 Å². The van der Waals surface area contributed by atoms with Gasteiger partial charge in [-0.3, -0.25) is 14.4 Å². The van der Waals surface area contributed by atoms with Gasteiger partial charge in [0.2, 0.25) is 0 Å². The molecule has 2 rings (SSSR count). The maximum Gasteiger partial charge on any atom is 0.314 e. The van der Waals surface area contributed by atoms with Crippen LogP contribution in [-0.2, 0) is 14.4 Å². The average Bonchev–Trinajstić information content (AvgIpc) is 2.62. The molecule has 2 amide bonds. The summed E-state index contributed by atoms with van der Waals surface area (Å²) < 4.78 is 5.12. The van der Waals surface area contributed by atoms with Crippen LogP contribution in [0.5, 0.6) is 0 Å². The largest absolute Gasteiger partial charge is 0.460 e. The molecule has 6 heteroatoms. The standard InChI is InChI=1S/C16H17NO5/c1-10(9-13(18)21-16(2,3)4)22-17-14(19)11-7-5-6-8-12(11)15(17)20/h5-8H,1,9H2,2-4H3. The number of imide groups is 1. The van der Waals surface area contributed by atoms with Crippen LogP contribution in [0, 0.1) is 0 Å². The predicted molar refractivity (Wildman–Crippen MR) is 77.6 cm³/mol. The lowest BCUT2D eigenvalue weighted by Gasteiger charge is -2.20. The first-order valence-electron chi connectivity index (χ1n) is 6.74. The van der Waals surface area contributed by atoms with E-state index in [1.54, 1.807) is 32.9 Å². The molecule has 0 aromatic heterocycles. The first-order chi connectivity index (χ1) is 10.2. The Balaban J connectivity index is 2.01. The van der Waals surface area contributed by atoms with E-state index in [0.717, 1.165) is 0 Å². The Bertz CT molecular complexity index is 622. The zero-order valence-corrected chi connectivity index (χ0v) is 12.7. The minimum atomic E-state index is -0.632. The topological polar surface area (TPSA) is 72.9 Å².